The molecule has 124 valence electrons. The van der Waals surface area contributed by atoms with Crippen LogP contribution in [0.5, 0.6) is 0 Å². The second kappa shape index (κ2) is 7.85. The summed E-state index contributed by atoms with van der Waals surface area (Å²) in [5.41, 5.74) is 0.992. The minimum Gasteiger partial charge on any atom is -0.368 e. The molecule has 2 rings (SSSR count). The molecule has 0 unspecified atom stereocenters. The van der Waals surface area contributed by atoms with Gasteiger partial charge in [-0.05, 0) is 18.9 Å². The van der Waals surface area contributed by atoms with Gasteiger partial charge in [-0.3, -0.25) is 0 Å². The summed E-state index contributed by atoms with van der Waals surface area (Å²) in [6.07, 6.45) is 5.04. The molecule has 8 heteroatoms. The van der Waals surface area contributed by atoms with Gasteiger partial charge in [0, 0.05) is 39.3 Å². The van der Waals surface area contributed by atoms with Crippen molar-refractivity contribution in [3.05, 3.63) is 18.5 Å². The summed E-state index contributed by atoms with van der Waals surface area (Å²) in [5, 5.41) is 7.64. The summed E-state index contributed by atoms with van der Waals surface area (Å²) in [6.45, 7) is 7.56. The largest absolute Gasteiger partial charge is 0.368 e. The van der Waals surface area contributed by atoms with Crippen LogP contribution in [0.1, 0.15) is 26.7 Å². The fourth-order valence-corrected chi connectivity index (χ4v) is 4.43. The van der Waals surface area contributed by atoms with E-state index in [0.29, 0.717) is 39.3 Å². The average Bonchev–Trinajstić information content (AvgIpc) is 2.55. The summed E-state index contributed by atoms with van der Waals surface area (Å²) in [5.74, 6) is 0. The monoisotopic (exact) mass is 327 g/mol. The molecule has 0 aliphatic carbocycles. The van der Waals surface area contributed by atoms with Gasteiger partial charge < -0.3 is 4.90 Å². The molecule has 0 atom stereocenters. The Morgan fingerprint density at radius 3 is 2.23 bits per heavy atom. The zero-order chi connectivity index (χ0) is 16.0. The predicted molar refractivity (Wildman–Crippen MR) is 86.9 cm³/mol. The summed E-state index contributed by atoms with van der Waals surface area (Å²) in [6, 6.07) is 1.90. The van der Waals surface area contributed by atoms with E-state index in [4.69, 9.17) is 0 Å². The molecule has 0 aromatic carbocycles. The Hall–Kier alpha value is -1.25. The van der Waals surface area contributed by atoms with Crippen LogP contribution in [0.3, 0.4) is 0 Å². The highest BCUT2D eigenvalue weighted by Crippen LogP contribution is 2.17. The van der Waals surface area contributed by atoms with Crippen LogP contribution >= 0.6 is 0 Å². The third-order valence-corrected chi connectivity index (χ3v) is 5.81. The molecule has 1 aliphatic heterocycles. The van der Waals surface area contributed by atoms with Gasteiger partial charge in [0.15, 0.2) is 0 Å². The van der Waals surface area contributed by atoms with E-state index in [-0.39, 0.29) is 0 Å². The Morgan fingerprint density at radius 1 is 1.09 bits per heavy atom. The molecule has 7 nitrogen and oxygen atoms in total. The van der Waals surface area contributed by atoms with Crippen LogP contribution in [0.15, 0.2) is 18.5 Å². The molecule has 1 fully saturated rings. The highest BCUT2D eigenvalue weighted by molar-refractivity contribution is 7.86. The number of piperazine rings is 1. The Morgan fingerprint density at radius 2 is 1.73 bits per heavy atom. The van der Waals surface area contributed by atoms with Gasteiger partial charge in [0.05, 0.1) is 18.1 Å². The summed E-state index contributed by atoms with van der Waals surface area (Å²) in [4.78, 5) is 2.14. The highest BCUT2D eigenvalue weighted by atomic mass is 32.2. The van der Waals surface area contributed by atoms with Gasteiger partial charge in [-0.25, -0.2) is 0 Å². The van der Waals surface area contributed by atoms with E-state index in [0.717, 1.165) is 18.5 Å². The van der Waals surface area contributed by atoms with E-state index in [1.807, 2.05) is 19.9 Å². The first-order valence-corrected chi connectivity index (χ1v) is 9.26. The van der Waals surface area contributed by atoms with Gasteiger partial charge in [-0.2, -0.15) is 27.2 Å². The molecule has 1 aromatic heterocycles. The third kappa shape index (κ3) is 3.93. The molecule has 0 bridgehead atoms. The van der Waals surface area contributed by atoms with Gasteiger partial charge in [0.1, 0.15) is 0 Å². The number of anilines is 1. The zero-order valence-corrected chi connectivity index (χ0v) is 14.2. The van der Waals surface area contributed by atoms with Crippen LogP contribution in [0.25, 0.3) is 0 Å². The lowest BCUT2D eigenvalue weighted by Crippen LogP contribution is -2.53. The average molecular weight is 327 g/mol. The van der Waals surface area contributed by atoms with Crippen LogP contribution in [0.2, 0.25) is 0 Å². The topological polar surface area (TPSA) is 69.6 Å². The van der Waals surface area contributed by atoms with Crippen LogP contribution in [-0.4, -0.2) is 66.5 Å². The van der Waals surface area contributed by atoms with Gasteiger partial charge in [-0.15, -0.1) is 0 Å². The van der Waals surface area contributed by atoms with Gasteiger partial charge in [0.2, 0.25) is 0 Å². The van der Waals surface area contributed by atoms with Crippen LogP contribution in [0, 0.1) is 0 Å². The molecule has 0 amide bonds. The molecule has 1 aromatic rings. The number of hydrogen-bond donors (Lipinski definition) is 0. The Labute approximate surface area is 133 Å². The minimum atomic E-state index is -3.34. The van der Waals surface area contributed by atoms with Crippen molar-refractivity contribution in [1.29, 1.82) is 0 Å². The Kier molecular flexibility index (Phi) is 6.10. The van der Waals surface area contributed by atoms with Crippen LogP contribution in [-0.2, 0) is 10.2 Å². The minimum absolute atomic E-state index is 0.509. The molecule has 0 N–H and O–H groups in total. The molecule has 0 spiro atoms. The van der Waals surface area contributed by atoms with E-state index in [9.17, 15) is 8.42 Å². The van der Waals surface area contributed by atoms with E-state index in [1.165, 1.54) is 0 Å². The van der Waals surface area contributed by atoms with E-state index in [1.54, 1.807) is 21.0 Å². The Balaban J connectivity index is 2.00. The molecule has 1 aliphatic rings. The first-order chi connectivity index (χ1) is 10.6. The second-order valence-corrected chi connectivity index (χ2v) is 7.32. The number of nitrogens with zero attached hydrogens (tertiary/aromatic N) is 5. The van der Waals surface area contributed by atoms with E-state index >= 15 is 0 Å². The fourth-order valence-electron chi connectivity index (χ4n) is 2.65. The van der Waals surface area contributed by atoms with Gasteiger partial charge >= 0.3 is 0 Å². The van der Waals surface area contributed by atoms with Gasteiger partial charge in [-0.1, -0.05) is 13.8 Å². The van der Waals surface area contributed by atoms with Crippen molar-refractivity contribution in [2.75, 3.05) is 44.2 Å². The highest BCUT2D eigenvalue weighted by Gasteiger charge is 2.31. The number of aromatic nitrogens is 2. The maximum absolute atomic E-state index is 12.7. The van der Waals surface area contributed by atoms with E-state index in [2.05, 4.69) is 15.1 Å². The smallest absolute Gasteiger partial charge is 0.282 e. The summed E-state index contributed by atoms with van der Waals surface area (Å²) >= 11 is 0. The second-order valence-electron chi connectivity index (χ2n) is 5.39. The van der Waals surface area contributed by atoms with E-state index < -0.39 is 10.2 Å². The van der Waals surface area contributed by atoms with Crippen LogP contribution in [0.4, 0.5) is 5.69 Å². The maximum atomic E-state index is 12.7. The Bertz CT molecular complexity index is 538. The van der Waals surface area contributed by atoms with Crippen molar-refractivity contribution in [3.8, 4) is 0 Å². The van der Waals surface area contributed by atoms with Crippen molar-refractivity contribution in [1.82, 2.24) is 18.8 Å². The zero-order valence-electron chi connectivity index (χ0n) is 13.3. The molecule has 0 radical (unpaired) electrons. The third-order valence-electron chi connectivity index (χ3n) is 3.77. The van der Waals surface area contributed by atoms with Crippen molar-refractivity contribution in [2.24, 2.45) is 0 Å². The molecule has 22 heavy (non-hydrogen) atoms. The molecular formula is C14H25N5O2S. The normalized spacial score (nSPS) is 17.1. The van der Waals surface area contributed by atoms with Crippen molar-refractivity contribution in [3.63, 3.8) is 0 Å². The number of rotatable bonds is 7. The molecule has 1 saturated heterocycles. The maximum Gasteiger partial charge on any atom is 0.282 e. The standard InChI is InChI=1S/C14H25N5O2S/c1-3-7-18(8-4-2)22(20,21)19-11-9-17(10-12-19)14-5-6-15-16-13-14/h5-6,13H,3-4,7-12H2,1-2H3. The number of hydrogen-bond acceptors (Lipinski definition) is 5. The fraction of sp³-hybridized carbons (Fsp3) is 0.714. The molecule has 0 saturated carbocycles. The predicted octanol–water partition coefficient (Wildman–Crippen LogP) is 0.965. The summed E-state index contributed by atoms with van der Waals surface area (Å²) < 4.78 is 28.6. The van der Waals surface area contributed by atoms with Crippen molar-refractivity contribution >= 4 is 15.9 Å². The lowest BCUT2D eigenvalue weighted by atomic mass is 10.3. The first kappa shape index (κ1) is 17.1. The summed E-state index contributed by atoms with van der Waals surface area (Å²) in [7, 11) is -3.34. The van der Waals surface area contributed by atoms with Crippen molar-refractivity contribution in [2.45, 2.75) is 26.7 Å². The lowest BCUT2D eigenvalue weighted by Gasteiger charge is -2.37. The lowest BCUT2D eigenvalue weighted by molar-refractivity contribution is 0.323. The first-order valence-electron chi connectivity index (χ1n) is 7.86. The SMILES string of the molecule is CCCN(CCC)S(=O)(=O)N1CCN(c2ccnnc2)CC1. The van der Waals surface area contributed by atoms with Crippen molar-refractivity contribution < 1.29 is 8.42 Å². The van der Waals surface area contributed by atoms with Gasteiger partial charge in [0.25, 0.3) is 10.2 Å². The molecule has 2 heterocycles. The molecular weight excluding hydrogens is 302 g/mol. The quantitative estimate of drug-likeness (QED) is 0.746. The van der Waals surface area contributed by atoms with Crippen LogP contribution < -0.4 is 4.90 Å².